The Balaban J connectivity index is 1.74. The van der Waals surface area contributed by atoms with E-state index in [0.717, 1.165) is 24.8 Å². The van der Waals surface area contributed by atoms with Gasteiger partial charge < -0.3 is 5.32 Å². The van der Waals surface area contributed by atoms with Crippen molar-refractivity contribution in [3.05, 3.63) is 30.1 Å². The lowest BCUT2D eigenvalue weighted by Gasteiger charge is -2.23. The van der Waals surface area contributed by atoms with Crippen molar-refractivity contribution < 1.29 is 4.39 Å². The van der Waals surface area contributed by atoms with Gasteiger partial charge in [0, 0.05) is 24.8 Å². The molecule has 1 heterocycles. The van der Waals surface area contributed by atoms with E-state index in [4.69, 9.17) is 0 Å². The molecule has 3 heteroatoms. The Morgan fingerprint density at radius 3 is 2.82 bits per heavy atom. The molecule has 94 valence electrons. The third-order valence-corrected chi connectivity index (χ3v) is 3.54. The molecule has 0 spiro atoms. The lowest BCUT2D eigenvalue weighted by atomic mass is 10.2. The van der Waals surface area contributed by atoms with Crippen LogP contribution in [0.4, 0.5) is 10.1 Å². The van der Waals surface area contributed by atoms with Crippen LogP contribution in [0.5, 0.6) is 0 Å². The van der Waals surface area contributed by atoms with E-state index in [1.54, 1.807) is 12.1 Å². The van der Waals surface area contributed by atoms with Crippen LogP contribution < -0.4 is 5.32 Å². The first-order valence-corrected chi connectivity index (χ1v) is 6.53. The van der Waals surface area contributed by atoms with Crippen LogP contribution >= 0.6 is 0 Å². The molecule has 1 fully saturated rings. The molecule has 1 aliphatic heterocycles. The van der Waals surface area contributed by atoms with Crippen LogP contribution in [-0.4, -0.2) is 30.6 Å². The van der Waals surface area contributed by atoms with Crippen molar-refractivity contribution in [2.24, 2.45) is 0 Å². The van der Waals surface area contributed by atoms with Crippen LogP contribution in [-0.2, 0) is 0 Å². The van der Waals surface area contributed by atoms with Crippen molar-refractivity contribution in [2.45, 2.75) is 32.2 Å². The molecule has 0 radical (unpaired) electrons. The van der Waals surface area contributed by atoms with Gasteiger partial charge in [-0.2, -0.15) is 0 Å². The first kappa shape index (κ1) is 12.4. The molecule has 2 nitrogen and oxygen atoms in total. The molecular weight excluding hydrogens is 215 g/mol. The quantitative estimate of drug-likeness (QED) is 0.845. The molecule has 2 rings (SSSR count). The van der Waals surface area contributed by atoms with Gasteiger partial charge in [0.2, 0.25) is 0 Å². The van der Waals surface area contributed by atoms with Gasteiger partial charge in [-0.3, -0.25) is 4.90 Å². The third-order valence-electron chi connectivity index (χ3n) is 3.54. The summed E-state index contributed by atoms with van der Waals surface area (Å²) in [6.07, 6.45) is 3.92. The van der Waals surface area contributed by atoms with E-state index in [-0.39, 0.29) is 5.82 Å². The van der Waals surface area contributed by atoms with Gasteiger partial charge in [0.25, 0.3) is 0 Å². The van der Waals surface area contributed by atoms with Gasteiger partial charge in [0.1, 0.15) is 5.82 Å². The Hall–Kier alpha value is -1.09. The van der Waals surface area contributed by atoms with Crippen LogP contribution in [0.1, 0.15) is 26.2 Å². The highest BCUT2D eigenvalue weighted by Crippen LogP contribution is 2.19. The molecule has 1 aromatic rings. The summed E-state index contributed by atoms with van der Waals surface area (Å²) in [5.74, 6) is -0.180. The van der Waals surface area contributed by atoms with Crippen molar-refractivity contribution in [3.63, 3.8) is 0 Å². The molecule has 1 aromatic carbocycles. The Labute approximate surface area is 103 Å². The summed E-state index contributed by atoms with van der Waals surface area (Å²) < 4.78 is 12.7. The van der Waals surface area contributed by atoms with Crippen LogP contribution in [0, 0.1) is 5.82 Å². The third kappa shape index (κ3) is 3.43. The topological polar surface area (TPSA) is 15.3 Å². The zero-order valence-corrected chi connectivity index (χ0v) is 10.5. The second-order valence-electron chi connectivity index (χ2n) is 4.67. The van der Waals surface area contributed by atoms with Gasteiger partial charge in [-0.15, -0.1) is 0 Å². The summed E-state index contributed by atoms with van der Waals surface area (Å²) in [6, 6.07) is 7.33. The summed E-state index contributed by atoms with van der Waals surface area (Å²) in [4.78, 5) is 2.55. The van der Waals surface area contributed by atoms with Crippen molar-refractivity contribution in [2.75, 3.05) is 25.0 Å². The van der Waals surface area contributed by atoms with E-state index >= 15 is 0 Å². The maximum atomic E-state index is 12.7. The summed E-state index contributed by atoms with van der Waals surface area (Å²) >= 11 is 0. The summed E-state index contributed by atoms with van der Waals surface area (Å²) in [7, 11) is 0. The highest BCUT2D eigenvalue weighted by molar-refractivity contribution is 5.42. The average molecular weight is 236 g/mol. The maximum absolute atomic E-state index is 12.7. The van der Waals surface area contributed by atoms with Crippen LogP contribution in [0.25, 0.3) is 0 Å². The number of benzene rings is 1. The predicted molar refractivity (Wildman–Crippen MR) is 69.8 cm³/mol. The number of hydrogen-bond donors (Lipinski definition) is 1. The van der Waals surface area contributed by atoms with Crippen molar-refractivity contribution in [3.8, 4) is 0 Å². The minimum Gasteiger partial charge on any atom is -0.384 e. The molecule has 0 amide bonds. The van der Waals surface area contributed by atoms with E-state index in [2.05, 4.69) is 17.1 Å². The van der Waals surface area contributed by atoms with Gasteiger partial charge in [-0.1, -0.05) is 6.92 Å². The predicted octanol–water partition coefficient (Wildman–Crippen LogP) is 3.11. The molecular formula is C14H21FN2. The van der Waals surface area contributed by atoms with Gasteiger partial charge in [0.15, 0.2) is 0 Å². The lowest BCUT2D eigenvalue weighted by Crippen LogP contribution is -2.33. The Kier molecular flexibility index (Phi) is 4.37. The van der Waals surface area contributed by atoms with Crippen LogP contribution in [0.3, 0.4) is 0 Å². The highest BCUT2D eigenvalue weighted by Gasteiger charge is 2.21. The van der Waals surface area contributed by atoms with E-state index in [1.807, 2.05) is 0 Å². The standard InChI is InChI=1S/C14H21FN2/c1-2-14-4-3-10-17(14)11-9-16-13-7-5-12(15)6-8-13/h5-8,14,16H,2-4,9-11H2,1H3. The Morgan fingerprint density at radius 2 is 2.12 bits per heavy atom. The van der Waals surface area contributed by atoms with Crippen LogP contribution in [0.2, 0.25) is 0 Å². The molecule has 0 bridgehead atoms. The molecule has 0 saturated carbocycles. The zero-order valence-electron chi connectivity index (χ0n) is 10.5. The van der Waals surface area contributed by atoms with E-state index in [0.29, 0.717) is 0 Å². The number of anilines is 1. The Bertz CT molecular complexity index is 337. The number of nitrogens with zero attached hydrogens (tertiary/aromatic N) is 1. The number of likely N-dealkylation sites (tertiary alicyclic amines) is 1. The monoisotopic (exact) mass is 236 g/mol. The van der Waals surface area contributed by atoms with Crippen molar-refractivity contribution in [1.82, 2.24) is 4.90 Å². The van der Waals surface area contributed by atoms with E-state index < -0.39 is 0 Å². The number of halogens is 1. The van der Waals surface area contributed by atoms with Crippen molar-refractivity contribution >= 4 is 5.69 Å². The molecule has 0 aliphatic carbocycles. The maximum Gasteiger partial charge on any atom is 0.123 e. The average Bonchev–Trinajstić information content (AvgIpc) is 2.79. The van der Waals surface area contributed by atoms with Gasteiger partial charge >= 0.3 is 0 Å². The Morgan fingerprint density at radius 1 is 1.35 bits per heavy atom. The fourth-order valence-corrected chi connectivity index (χ4v) is 2.56. The van der Waals surface area contributed by atoms with Crippen molar-refractivity contribution in [1.29, 1.82) is 0 Å². The summed E-state index contributed by atoms with van der Waals surface area (Å²) in [6.45, 7) is 5.50. The normalized spacial score (nSPS) is 20.7. The minimum absolute atomic E-state index is 0.180. The summed E-state index contributed by atoms with van der Waals surface area (Å²) in [5, 5.41) is 3.34. The molecule has 0 aromatic heterocycles. The van der Waals surface area contributed by atoms with Gasteiger partial charge in [-0.05, 0) is 50.1 Å². The minimum atomic E-state index is -0.180. The number of nitrogens with one attached hydrogen (secondary N) is 1. The number of hydrogen-bond acceptors (Lipinski definition) is 2. The van der Waals surface area contributed by atoms with Gasteiger partial charge in [-0.25, -0.2) is 4.39 Å². The second kappa shape index (κ2) is 6.01. The van der Waals surface area contributed by atoms with E-state index in [9.17, 15) is 4.39 Å². The molecule has 1 N–H and O–H groups in total. The fraction of sp³-hybridized carbons (Fsp3) is 0.571. The van der Waals surface area contributed by atoms with Gasteiger partial charge in [0.05, 0.1) is 0 Å². The largest absolute Gasteiger partial charge is 0.384 e. The highest BCUT2D eigenvalue weighted by atomic mass is 19.1. The van der Waals surface area contributed by atoms with E-state index in [1.165, 1.54) is 37.9 Å². The first-order valence-electron chi connectivity index (χ1n) is 6.53. The molecule has 17 heavy (non-hydrogen) atoms. The number of rotatable bonds is 5. The van der Waals surface area contributed by atoms with Crippen LogP contribution in [0.15, 0.2) is 24.3 Å². The molecule has 1 aliphatic rings. The molecule has 1 saturated heterocycles. The molecule has 1 atom stereocenters. The first-order chi connectivity index (χ1) is 8.29. The summed E-state index contributed by atoms with van der Waals surface area (Å²) in [5.41, 5.74) is 0.999. The smallest absolute Gasteiger partial charge is 0.123 e. The second-order valence-corrected chi connectivity index (χ2v) is 4.67. The lowest BCUT2D eigenvalue weighted by molar-refractivity contribution is 0.258. The SMILES string of the molecule is CCC1CCCN1CCNc1ccc(F)cc1. The zero-order chi connectivity index (χ0) is 12.1. The fourth-order valence-electron chi connectivity index (χ4n) is 2.56. The molecule has 1 unspecified atom stereocenters.